The summed E-state index contributed by atoms with van der Waals surface area (Å²) in [6.45, 7) is 0.189. The van der Waals surface area contributed by atoms with Crippen LogP contribution < -0.4 is 5.32 Å². The van der Waals surface area contributed by atoms with Gasteiger partial charge >= 0.3 is 0 Å². The molecule has 0 fully saturated rings. The average Bonchev–Trinajstić information content (AvgIpc) is 2.86. The summed E-state index contributed by atoms with van der Waals surface area (Å²) in [5, 5.41) is 3.31. The zero-order chi connectivity index (χ0) is 13.8. The van der Waals surface area contributed by atoms with E-state index in [4.69, 9.17) is 9.47 Å². The Morgan fingerprint density at radius 1 is 1.42 bits per heavy atom. The van der Waals surface area contributed by atoms with E-state index in [-0.39, 0.29) is 18.0 Å². The third-order valence-corrected chi connectivity index (χ3v) is 2.83. The smallest absolute Gasteiger partial charge is 0.252 e. The molecule has 1 aromatic carbocycles. The maximum absolute atomic E-state index is 13.4. The number of hydrogen-bond acceptors (Lipinski definition) is 3. The first-order chi connectivity index (χ1) is 9.15. The van der Waals surface area contributed by atoms with E-state index in [9.17, 15) is 9.18 Å². The fourth-order valence-corrected chi connectivity index (χ4v) is 1.85. The molecule has 0 saturated carbocycles. The minimum absolute atomic E-state index is 0.189. The molecule has 2 N–H and O–H groups in total. The van der Waals surface area contributed by atoms with Gasteiger partial charge in [0.2, 0.25) is 0 Å². The van der Waals surface area contributed by atoms with Crippen LogP contribution in [0.3, 0.4) is 0 Å². The molecule has 1 aromatic heterocycles. The highest BCUT2D eigenvalue weighted by atomic mass is 19.1. The van der Waals surface area contributed by atoms with Crippen LogP contribution >= 0.6 is 0 Å². The second-order valence-electron chi connectivity index (χ2n) is 4.00. The highest BCUT2D eigenvalue weighted by molar-refractivity contribution is 6.06. The molecule has 2 rings (SSSR count). The molecule has 0 aliphatic rings. The molecule has 0 spiro atoms. The van der Waals surface area contributed by atoms with Crippen molar-refractivity contribution in [3.8, 4) is 0 Å². The fourth-order valence-electron chi connectivity index (χ4n) is 1.85. The van der Waals surface area contributed by atoms with Crippen LogP contribution in [0.25, 0.3) is 10.9 Å². The van der Waals surface area contributed by atoms with Gasteiger partial charge in [-0.15, -0.1) is 0 Å². The van der Waals surface area contributed by atoms with Crippen LogP contribution in [0.5, 0.6) is 0 Å². The largest absolute Gasteiger partial charge is 0.361 e. The number of rotatable bonds is 5. The summed E-state index contributed by atoms with van der Waals surface area (Å²) in [7, 11) is 2.96. The van der Waals surface area contributed by atoms with Crippen molar-refractivity contribution in [1.82, 2.24) is 10.3 Å². The molecular weight excluding hydrogens is 251 g/mol. The Labute approximate surface area is 109 Å². The minimum atomic E-state index is -0.528. The maximum Gasteiger partial charge on any atom is 0.252 e. The van der Waals surface area contributed by atoms with Crippen LogP contribution in [-0.4, -0.2) is 37.9 Å². The number of ether oxygens (including phenoxy) is 2. The minimum Gasteiger partial charge on any atom is -0.361 e. The summed E-state index contributed by atoms with van der Waals surface area (Å²) in [6.07, 6.45) is 1.13. The van der Waals surface area contributed by atoms with Crippen molar-refractivity contribution in [2.24, 2.45) is 0 Å². The number of H-pyrrole nitrogens is 1. The lowest BCUT2D eigenvalue weighted by molar-refractivity contribution is -0.0974. The third kappa shape index (κ3) is 2.91. The lowest BCUT2D eigenvalue weighted by Gasteiger charge is -2.14. The van der Waals surface area contributed by atoms with Gasteiger partial charge in [-0.1, -0.05) is 0 Å². The zero-order valence-corrected chi connectivity index (χ0v) is 10.7. The van der Waals surface area contributed by atoms with Crippen LogP contribution in [-0.2, 0) is 9.47 Å². The molecule has 19 heavy (non-hydrogen) atoms. The number of aromatic amines is 1. The Morgan fingerprint density at radius 2 is 2.16 bits per heavy atom. The molecule has 0 bridgehead atoms. The van der Waals surface area contributed by atoms with Crippen LogP contribution in [0.15, 0.2) is 24.4 Å². The van der Waals surface area contributed by atoms with Gasteiger partial charge in [0, 0.05) is 31.3 Å². The normalized spacial score (nSPS) is 11.2. The summed E-state index contributed by atoms with van der Waals surface area (Å²) in [5.74, 6) is -0.835. The van der Waals surface area contributed by atoms with E-state index in [1.165, 1.54) is 26.4 Å². The SMILES string of the molecule is COC(CNC(=O)c1cc(F)cc2[nH]ccc12)OC. The van der Waals surface area contributed by atoms with Gasteiger partial charge in [-0.05, 0) is 18.2 Å². The number of nitrogens with one attached hydrogen (secondary N) is 2. The Balaban J connectivity index is 2.19. The zero-order valence-electron chi connectivity index (χ0n) is 10.7. The van der Waals surface area contributed by atoms with E-state index in [2.05, 4.69) is 10.3 Å². The highest BCUT2D eigenvalue weighted by Gasteiger charge is 2.14. The molecule has 0 saturated heterocycles. The van der Waals surface area contributed by atoms with Gasteiger partial charge in [-0.3, -0.25) is 4.79 Å². The number of carbonyl (C=O) groups is 1. The molecule has 0 unspecified atom stereocenters. The van der Waals surface area contributed by atoms with E-state index < -0.39 is 12.1 Å². The summed E-state index contributed by atoms with van der Waals surface area (Å²) in [4.78, 5) is 14.9. The number of benzene rings is 1. The predicted octanol–water partition coefficient (Wildman–Crippen LogP) is 1.66. The maximum atomic E-state index is 13.4. The van der Waals surface area contributed by atoms with Gasteiger partial charge in [0.05, 0.1) is 12.1 Å². The molecule has 0 atom stereocenters. The number of halogens is 1. The van der Waals surface area contributed by atoms with Crippen molar-refractivity contribution in [2.45, 2.75) is 6.29 Å². The highest BCUT2D eigenvalue weighted by Crippen LogP contribution is 2.19. The summed E-state index contributed by atoms with van der Waals surface area (Å²) in [5.41, 5.74) is 0.863. The summed E-state index contributed by atoms with van der Waals surface area (Å²) in [6, 6.07) is 4.28. The second-order valence-corrected chi connectivity index (χ2v) is 4.00. The van der Waals surface area contributed by atoms with Crippen LogP contribution in [0.4, 0.5) is 4.39 Å². The predicted molar refractivity (Wildman–Crippen MR) is 68.4 cm³/mol. The van der Waals surface area contributed by atoms with Crippen LogP contribution in [0.1, 0.15) is 10.4 Å². The standard InChI is InChI=1S/C13H15FN2O3/c1-18-12(19-2)7-16-13(17)10-5-8(14)6-11-9(10)3-4-15-11/h3-6,12,15H,7H2,1-2H3,(H,16,17). The number of carbonyl (C=O) groups excluding carboxylic acids is 1. The Kier molecular flexibility index (Phi) is 4.13. The lowest BCUT2D eigenvalue weighted by Crippen LogP contribution is -2.34. The van der Waals surface area contributed by atoms with E-state index in [0.717, 1.165) is 0 Å². The van der Waals surface area contributed by atoms with Crippen molar-refractivity contribution in [3.05, 3.63) is 35.8 Å². The Bertz CT molecular complexity index is 578. The molecule has 1 amide bonds. The number of methoxy groups -OCH3 is 2. The summed E-state index contributed by atoms with van der Waals surface area (Å²) < 4.78 is 23.3. The summed E-state index contributed by atoms with van der Waals surface area (Å²) >= 11 is 0. The van der Waals surface area contributed by atoms with Crippen molar-refractivity contribution in [2.75, 3.05) is 20.8 Å². The van der Waals surface area contributed by atoms with E-state index in [1.54, 1.807) is 12.3 Å². The first-order valence-corrected chi connectivity index (χ1v) is 5.76. The number of aromatic nitrogens is 1. The van der Waals surface area contributed by atoms with Gasteiger partial charge in [0.25, 0.3) is 5.91 Å². The first kappa shape index (κ1) is 13.5. The van der Waals surface area contributed by atoms with Crippen LogP contribution in [0.2, 0.25) is 0 Å². The number of fused-ring (bicyclic) bond motifs is 1. The second kappa shape index (κ2) is 5.81. The Hall–Kier alpha value is -1.92. The molecule has 0 radical (unpaired) electrons. The first-order valence-electron chi connectivity index (χ1n) is 5.76. The molecule has 1 heterocycles. The van der Waals surface area contributed by atoms with Gasteiger partial charge in [0.15, 0.2) is 6.29 Å². The van der Waals surface area contributed by atoms with E-state index in [0.29, 0.717) is 10.9 Å². The molecule has 0 aliphatic carbocycles. The van der Waals surface area contributed by atoms with Crippen molar-refractivity contribution in [3.63, 3.8) is 0 Å². The molecule has 2 aromatic rings. The molecule has 5 nitrogen and oxygen atoms in total. The fraction of sp³-hybridized carbons (Fsp3) is 0.308. The topological polar surface area (TPSA) is 63.3 Å². The molecule has 102 valence electrons. The van der Waals surface area contributed by atoms with Gasteiger partial charge < -0.3 is 19.8 Å². The van der Waals surface area contributed by atoms with Crippen molar-refractivity contribution in [1.29, 1.82) is 0 Å². The molecular formula is C13H15FN2O3. The van der Waals surface area contributed by atoms with E-state index >= 15 is 0 Å². The molecule has 0 aliphatic heterocycles. The third-order valence-electron chi connectivity index (χ3n) is 2.83. The van der Waals surface area contributed by atoms with Gasteiger partial charge in [0.1, 0.15) is 5.82 Å². The average molecular weight is 266 g/mol. The van der Waals surface area contributed by atoms with Gasteiger partial charge in [-0.2, -0.15) is 0 Å². The Morgan fingerprint density at radius 3 is 2.84 bits per heavy atom. The quantitative estimate of drug-likeness (QED) is 0.809. The lowest BCUT2D eigenvalue weighted by atomic mass is 10.1. The van der Waals surface area contributed by atoms with E-state index in [1.807, 2.05) is 0 Å². The molecule has 6 heteroatoms. The monoisotopic (exact) mass is 266 g/mol. The van der Waals surface area contributed by atoms with Crippen LogP contribution in [0, 0.1) is 5.82 Å². The number of hydrogen-bond donors (Lipinski definition) is 2. The van der Waals surface area contributed by atoms with Gasteiger partial charge in [-0.25, -0.2) is 4.39 Å². The van der Waals surface area contributed by atoms with Crippen molar-refractivity contribution >= 4 is 16.8 Å². The number of amides is 1. The van der Waals surface area contributed by atoms with Crippen molar-refractivity contribution < 1.29 is 18.7 Å².